The van der Waals surface area contributed by atoms with Crippen LogP contribution in [-0.4, -0.2) is 54.3 Å². The van der Waals surface area contributed by atoms with Gasteiger partial charge in [0.2, 0.25) is 5.91 Å². The van der Waals surface area contributed by atoms with E-state index in [0.29, 0.717) is 6.42 Å². The molecule has 59 heavy (non-hydrogen) atoms. The highest BCUT2D eigenvalue weighted by molar-refractivity contribution is 7.47. The second-order valence-corrected chi connectivity index (χ2v) is 17.5. The highest BCUT2D eigenvalue weighted by Gasteiger charge is 2.23. The van der Waals surface area contributed by atoms with Crippen molar-refractivity contribution in [2.75, 3.05) is 26.4 Å². The van der Waals surface area contributed by atoms with E-state index in [1.54, 1.807) is 0 Å². The summed E-state index contributed by atoms with van der Waals surface area (Å²) in [5.74, 6) is -0.523. The van der Waals surface area contributed by atoms with Crippen molar-refractivity contribution in [2.24, 2.45) is 0 Å². The standard InChI is InChI=1S/C49H90NO8P/c1-3-5-7-9-11-13-15-17-19-20-21-22-23-24-25-26-28-30-32-34-36-38-40-42-49(53)56-45-47(51)46-58-59(54,55)57-44-43-50-48(52)41-39-37-35-33-31-29-27-18-16-14-12-10-8-6-4-2/h11,13,17,19,21-22,24-25,47,51H,3-10,12,14-16,18,20,23,26-46H2,1-2H3,(H,50,52)(H,54,55)/b13-11-,19-17-,22-21-,25-24-. The number of nitrogens with one attached hydrogen (secondary N) is 1. The number of hydrogen-bond acceptors (Lipinski definition) is 7. The van der Waals surface area contributed by atoms with Crippen LogP contribution in [0.2, 0.25) is 0 Å². The van der Waals surface area contributed by atoms with Crippen molar-refractivity contribution >= 4 is 19.7 Å². The van der Waals surface area contributed by atoms with Crippen LogP contribution >= 0.6 is 7.82 Å². The van der Waals surface area contributed by atoms with Gasteiger partial charge in [-0.05, 0) is 57.8 Å². The Kier molecular flexibility index (Phi) is 43.9. The van der Waals surface area contributed by atoms with Gasteiger partial charge in [-0.1, -0.05) is 197 Å². The van der Waals surface area contributed by atoms with Crippen LogP contribution in [0.25, 0.3) is 0 Å². The Hall–Kier alpha value is -2.03. The molecular formula is C49H90NO8P. The zero-order valence-corrected chi connectivity index (χ0v) is 38.8. The van der Waals surface area contributed by atoms with Gasteiger partial charge in [0, 0.05) is 19.4 Å². The van der Waals surface area contributed by atoms with E-state index in [1.165, 1.54) is 122 Å². The van der Waals surface area contributed by atoms with E-state index in [0.717, 1.165) is 70.6 Å². The zero-order valence-electron chi connectivity index (χ0n) is 37.9. The molecule has 0 radical (unpaired) electrons. The van der Waals surface area contributed by atoms with Crippen molar-refractivity contribution in [1.29, 1.82) is 0 Å². The molecule has 2 atom stereocenters. The number of carbonyl (C=O) groups is 2. The number of carbonyl (C=O) groups excluding carboxylic acids is 2. The lowest BCUT2D eigenvalue weighted by atomic mass is 10.0. The van der Waals surface area contributed by atoms with Gasteiger partial charge in [0.15, 0.2) is 0 Å². The van der Waals surface area contributed by atoms with E-state index in [4.69, 9.17) is 13.8 Å². The van der Waals surface area contributed by atoms with E-state index in [-0.39, 0.29) is 32.1 Å². The molecule has 0 aromatic carbocycles. The Labute approximate surface area is 362 Å². The second kappa shape index (κ2) is 45.5. The minimum atomic E-state index is -4.42. The fourth-order valence-electron chi connectivity index (χ4n) is 6.60. The minimum Gasteiger partial charge on any atom is -0.463 e. The lowest BCUT2D eigenvalue weighted by Crippen LogP contribution is -2.27. The van der Waals surface area contributed by atoms with Crippen LogP contribution in [-0.2, 0) is 27.9 Å². The average molecular weight is 852 g/mol. The summed E-state index contributed by atoms with van der Waals surface area (Å²) < 4.78 is 26.9. The molecule has 0 rings (SSSR count). The summed E-state index contributed by atoms with van der Waals surface area (Å²) in [4.78, 5) is 34.0. The maximum Gasteiger partial charge on any atom is 0.472 e. The first kappa shape index (κ1) is 57.0. The Morgan fingerprint density at radius 2 is 0.915 bits per heavy atom. The van der Waals surface area contributed by atoms with Crippen LogP contribution in [0.3, 0.4) is 0 Å². The number of aliphatic hydroxyl groups excluding tert-OH is 1. The summed E-state index contributed by atoms with van der Waals surface area (Å²) >= 11 is 0. The number of ether oxygens (including phenoxy) is 1. The number of phosphoric acid groups is 1. The molecule has 0 aliphatic rings. The highest BCUT2D eigenvalue weighted by Crippen LogP contribution is 2.42. The molecule has 0 aliphatic heterocycles. The molecule has 0 saturated carbocycles. The van der Waals surface area contributed by atoms with Gasteiger partial charge < -0.3 is 20.1 Å². The molecule has 3 N–H and O–H groups in total. The highest BCUT2D eigenvalue weighted by atomic mass is 31.2. The largest absolute Gasteiger partial charge is 0.472 e. The number of allylic oxidation sites excluding steroid dienone is 8. The number of unbranched alkanes of at least 4 members (excludes halogenated alkanes) is 24. The second-order valence-electron chi connectivity index (χ2n) is 16.1. The molecule has 0 aromatic heterocycles. The summed E-state index contributed by atoms with van der Waals surface area (Å²) in [6.07, 6.45) is 53.2. The normalized spacial score (nSPS) is 13.6. The van der Waals surface area contributed by atoms with Crippen molar-refractivity contribution in [1.82, 2.24) is 5.32 Å². The van der Waals surface area contributed by atoms with Crippen molar-refractivity contribution < 1.29 is 37.9 Å². The van der Waals surface area contributed by atoms with Gasteiger partial charge in [0.05, 0.1) is 13.2 Å². The number of rotatable bonds is 45. The third-order valence-electron chi connectivity index (χ3n) is 10.3. The van der Waals surface area contributed by atoms with Gasteiger partial charge in [-0.25, -0.2) is 4.57 Å². The maximum absolute atomic E-state index is 12.1. The molecule has 10 heteroatoms. The average Bonchev–Trinajstić information content (AvgIpc) is 3.22. The van der Waals surface area contributed by atoms with Crippen molar-refractivity contribution in [3.05, 3.63) is 48.6 Å². The Morgan fingerprint density at radius 3 is 1.41 bits per heavy atom. The monoisotopic (exact) mass is 852 g/mol. The van der Waals surface area contributed by atoms with E-state index in [9.17, 15) is 24.2 Å². The first-order chi connectivity index (χ1) is 28.8. The quantitative estimate of drug-likeness (QED) is 0.0239. The molecule has 0 saturated heterocycles. The molecular weight excluding hydrogens is 762 g/mol. The van der Waals surface area contributed by atoms with Gasteiger partial charge in [-0.3, -0.25) is 18.6 Å². The lowest BCUT2D eigenvalue weighted by Gasteiger charge is -2.15. The lowest BCUT2D eigenvalue weighted by molar-refractivity contribution is -0.147. The van der Waals surface area contributed by atoms with Crippen LogP contribution in [0, 0.1) is 0 Å². The topological polar surface area (TPSA) is 131 Å². The van der Waals surface area contributed by atoms with Gasteiger partial charge >= 0.3 is 13.8 Å². The van der Waals surface area contributed by atoms with Crippen LogP contribution in [0.4, 0.5) is 0 Å². The van der Waals surface area contributed by atoms with Crippen molar-refractivity contribution in [3.8, 4) is 0 Å². The molecule has 344 valence electrons. The third kappa shape index (κ3) is 46.9. The first-order valence-electron chi connectivity index (χ1n) is 24.1. The van der Waals surface area contributed by atoms with Crippen LogP contribution in [0.15, 0.2) is 48.6 Å². The molecule has 0 aromatic rings. The predicted octanol–water partition coefficient (Wildman–Crippen LogP) is 13.9. The van der Waals surface area contributed by atoms with Crippen molar-refractivity contribution in [3.63, 3.8) is 0 Å². The number of esters is 1. The van der Waals surface area contributed by atoms with E-state index in [1.807, 2.05) is 0 Å². The summed E-state index contributed by atoms with van der Waals surface area (Å²) in [6.45, 7) is 3.53. The summed E-state index contributed by atoms with van der Waals surface area (Å²) in [7, 11) is -4.42. The van der Waals surface area contributed by atoms with Crippen LogP contribution < -0.4 is 5.32 Å². The fourth-order valence-corrected chi connectivity index (χ4v) is 7.36. The maximum atomic E-state index is 12.1. The van der Waals surface area contributed by atoms with Gasteiger partial charge in [0.25, 0.3) is 0 Å². The first-order valence-corrected chi connectivity index (χ1v) is 25.6. The van der Waals surface area contributed by atoms with E-state index < -0.39 is 26.5 Å². The SMILES string of the molecule is CCCCC/C=C\C/C=C\C/C=C\C/C=C\CCCCCCCCCC(=O)OCC(O)COP(=O)(O)OCCNC(=O)CCCCCCCCCCCCCCCCC. The van der Waals surface area contributed by atoms with E-state index in [2.05, 4.69) is 67.8 Å². The van der Waals surface area contributed by atoms with E-state index >= 15 is 0 Å². The molecule has 9 nitrogen and oxygen atoms in total. The number of hydrogen-bond donors (Lipinski definition) is 3. The van der Waals surface area contributed by atoms with Crippen LogP contribution in [0.5, 0.6) is 0 Å². The Morgan fingerprint density at radius 1 is 0.525 bits per heavy atom. The van der Waals surface area contributed by atoms with Crippen LogP contribution in [0.1, 0.15) is 219 Å². The molecule has 0 heterocycles. The number of phosphoric ester groups is 1. The molecule has 1 amide bonds. The predicted molar refractivity (Wildman–Crippen MR) is 247 cm³/mol. The molecule has 0 spiro atoms. The molecule has 0 bridgehead atoms. The van der Waals surface area contributed by atoms with Gasteiger partial charge in [0.1, 0.15) is 12.7 Å². The number of amides is 1. The van der Waals surface area contributed by atoms with Gasteiger partial charge in [-0.15, -0.1) is 0 Å². The van der Waals surface area contributed by atoms with Gasteiger partial charge in [-0.2, -0.15) is 0 Å². The minimum absolute atomic E-state index is 0.0818. The number of aliphatic hydroxyl groups is 1. The molecule has 2 unspecified atom stereocenters. The summed E-state index contributed by atoms with van der Waals surface area (Å²) in [6, 6.07) is 0. The third-order valence-corrected chi connectivity index (χ3v) is 11.2. The Balaban J connectivity index is 3.60. The molecule has 0 aliphatic carbocycles. The Bertz CT molecular complexity index is 1110. The zero-order chi connectivity index (χ0) is 43.2. The smallest absolute Gasteiger partial charge is 0.463 e. The fraction of sp³-hybridized carbons (Fsp3) is 0.796. The van der Waals surface area contributed by atoms with Crippen molar-refractivity contribution in [2.45, 2.75) is 225 Å². The molecule has 0 fully saturated rings. The summed E-state index contributed by atoms with van der Waals surface area (Å²) in [5, 5.41) is 12.7. The summed E-state index contributed by atoms with van der Waals surface area (Å²) in [5.41, 5.74) is 0.